The Bertz CT molecular complexity index is 966. The normalized spacial score (nSPS) is 18.3. The van der Waals surface area contributed by atoms with Gasteiger partial charge in [0.2, 0.25) is 0 Å². The first kappa shape index (κ1) is 16.5. The Balaban J connectivity index is 1.45. The maximum atomic E-state index is 12.6. The number of aryl methyl sites for hydroxylation is 4. The summed E-state index contributed by atoms with van der Waals surface area (Å²) in [5.41, 5.74) is 1.97. The fraction of sp³-hybridized carbons (Fsp3) is 0.562. The molecule has 0 amide bonds. The molecule has 1 saturated heterocycles. The van der Waals surface area contributed by atoms with Crippen molar-refractivity contribution < 1.29 is 8.42 Å². The number of aromatic nitrogens is 4. The molecule has 0 spiro atoms. The Hall–Kier alpha value is -2.00. The van der Waals surface area contributed by atoms with E-state index in [9.17, 15) is 13.2 Å². The van der Waals surface area contributed by atoms with Crippen LogP contribution < -0.4 is 5.56 Å². The molecule has 0 radical (unpaired) electrons. The predicted octanol–water partition coefficient (Wildman–Crippen LogP) is 0.0946. The second-order valence-corrected chi connectivity index (χ2v) is 8.80. The number of imidazole rings is 1. The van der Waals surface area contributed by atoms with Gasteiger partial charge in [0.15, 0.2) is 5.03 Å². The maximum Gasteiger partial charge on any atom is 0.267 e. The van der Waals surface area contributed by atoms with E-state index in [1.807, 2.05) is 0 Å². The minimum Gasteiger partial charge on any atom is -0.337 e. The smallest absolute Gasteiger partial charge is 0.267 e. The van der Waals surface area contributed by atoms with Crippen LogP contribution in [-0.2, 0) is 36.5 Å². The van der Waals surface area contributed by atoms with Gasteiger partial charge in [-0.1, -0.05) is 0 Å². The standard InChI is InChI=1S/C16H21N5O3S/c1-11-17-15(10-19(11)2)25(23,24)20-7-12(8-20)9-21-16(22)6-13-4-3-5-14(13)18-21/h6,10,12H,3-5,7-9H2,1-2H3. The Kier molecular flexibility index (Phi) is 3.80. The summed E-state index contributed by atoms with van der Waals surface area (Å²) < 4.78 is 29.7. The van der Waals surface area contributed by atoms with Crippen LogP contribution in [0.1, 0.15) is 23.5 Å². The molecule has 2 aromatic rings. The summed E-state index contributed by atoms with van der Waals surface area (Å²) in [6, 6.07) is 1.68. The van der Waals surface area contributed by atoms with Gasteiger partial charge in [-0.05, 0) is 31.7 Å². The Morgan fingerprint density at radius 2 is 2.04 bits per heavy atom. The molecule has 2 aromatic heterocycles. The molecule has 0 bridgehead atoms. The van der Waals surface area contributed by atoms with Crippen LogP contribution in [0.3, 0.4) is 0 Å². The van der Waals surface area contributed by atoms with Gasteiger partial charge < -0.3 is 4.57 Å². The van der Waals surface area contributed by atoms with Crippen molar-refractivity contribution in [2.45, 2.75) is 37.8 Å². The van der Waals surface area contributed by atoms with Gasteiger partial charge in [-0.15, -0.1) is 0 Å². The van der Waals surface area contributed by atoms with Crippen LogP contribution in [0.4, 0.5) is 0 Å². The summed E-state index contributed by atoms with van der Waals surface area (Å²) in [6.07, 6.45) is 4.42. The number of sulfonamides is 1. The molecule has 8 nitrogen and oxygen atoms in total. The maximum absolute atomic E-state index is 12.6. The first-order valence-corrected chi connectivity index (χ1v) is 9.88. The molecule has 0 aromatic carbocycles. The lowest BCUT2D eigenvalue weighted by Gasteiger charge is -2.37. The molecular formula is C16H21N5O3S. The fourth-order valence-corrected chi connectivity index (χ4v) is 5.05. The predicted molar refractivity (Wildman–Crippen MR) is 90.7 cm³/mol. The van der Waals surface area contributed by atoms with Crippen LogP contribution in [0.15, 0.2) is 22.1 Å². The number of nitrogens with zero attached hydrogens (tertiary/aromatic N) is 5. The molecule has 1 aliphatic carbocycles. The molecule has 2 aliphatic rings. The minimum absolute atomic E-state index is 0.0822. The van der Waals surface area contributed by atoms with Gasteiger partial charge in [-0.2, -0.15) is 9.40 Å². The van der Waals surface area contributed by atoms with Crippen LogP contribution >= 0.6 is 0 Å². The van der Waals surface area contributed by atoms with E-state index in [2.05, 4.69) is 10.1 Å². The molecule has 3 heterocycles. The monoisotopic (exact) mass is 363 g/mol. The summed E-state index contributed by atoms with van der Waals surface area (Å²) in [4.78, 5) is 16.3. The number of rotatable bonds is 4. The molecule has 0 unspecified atom stereocenters. The van der Waals surface area contributed by atoms with Crippen LogP contribution in [0.2, 0.25) is 0 Å². The van der Waals surface area contributed by atoms with Crippen molar-refractivity contribution in [3.63, 3.8) is 0 Å². The van der Waals surface area contributed by atoms with Crippen molar-refractivity contribution in [3.8, 4) is 0 Å². The van der Waals surface area contributed by atoms with Crippen molar-refractivity contribution in [1.29, 1.82) is 0 Å². The van der Waals surface area contributed by atoms with Crippen molar-refractivity contribution >= 4 is 10.0 Å². The van der Waals surface area contributed by atoms with Crippen LogP contribution in [-0.4, -0.2) is 45.1 Å². The fourth-order valence-electron chi connectivity index (χ4n) is 3.43. The highest BCUT2D eigenvalue weighted by molar-refractivity contribution is 7.89. The van der Waals surface area contributed by atoms with Crippen molar-refractivity contribution in [2.75, 3.05) is 13.1 Å². The van der Waals surface area contributed by atoms with Crippen molar-refractivity contribution in [3.05, 3.63) is 39.7 Å². The highest BCUT2D eigenvalue weighted by Crippen LogP contribution is 2.25. The van der Waals surface area contributed by atoms with Gasteiger partial charge in [-0.3, -0.25) is 4.79 Å². The molecule has 0 N–H and O–H groups in total. The average Bonchev–Trinajstić information content (AvgIpc) is 3.09. The van der Waals surface area contributed by atoms with E-state index < -0.39 is 10.0 Å². The van der Waals surface area contributed by atoms with E-state index in [1.54, 1.807) is 24.6 Å². The van der Waals surface area contributed by atoms with Gasteiger partial charge in [0.1, 0.15) is 5.82 Å². The summed E-state index contributed by atoms with van der Waals surface area (Å²) in [6.45, 7) is 3.01. The van der Waals surface area contributed by atoms with Crippen LogP contribution in [0, 0.1) is 12.8 Å². The summed E-state index contributed by atoms with van der Waals surface area (Å²) in [7, 11) is -1.79. The van der Waals surface area contributed by atoms with E-state index in [0.717, 1.165) is 30.5 Å². The molecule has 0 atom stereocenters. The highest BCUT2D eigenvalue weighted by atomic mass is 32.2. The third-order valence-corrected chi connectivity index (χ3v) is 6.77. The zero-order chi connectivity index (χ0) is 17.8. The summed E-state index contributed by atoms with van der Waals surface area (Å²) in [5.74, 6) is 0.758. The highest BCUT2D eigenvalue weighted by Gasteiger charge is 2.38. The van der Waals surface area contributed by atoms with Crippen molar-refractivity contribution in [1.82, 2.24) is 23.6 Å². The average molecular weight is 363 g/mol. The Labute approximate surface area is 146 Å². The molecule has 134 valence electrons. The molecule has 1 aliphatic heterocycles. The van der Waals surface area contributed by atoms with Gasteiger partial charge in [0, 0.05) is 38.3 Å². The lowest BCUT2D eigenvalue weighted by atomic mass is 10.0. The second-order valence-electron chi connectivity index (χ2n) is 6.92. The van der Waals surface area contributed by atoms with E-state index in [0.29, 0.717) is 25.5 Å². The zero-order valence-electron chi connectivity index (χ0n) is 14.3. The number of hydrogen-bond acceptors (Lipinski definition) is 5. The van der Waals surface area contributed by atoms with E-state index in [-0.39, 0.29) is 16.5 Å². The molecular weight excluding hydrogens is 342 g/mol. The van der Waals surface area contributed by atoms with Crippen LogP contribution in [0.25, 0.3) is 0 Å². The SMILES string of the molecule is Cc1nc(S(=O)(=O)N2CC(Cn3nc4c(cc3=O)CCC4)C2)cn1C. The van der Waals surface area contributed by atoms with Gasteiger partial charge in [0.25, 0.3) is 15.6 Å². The topological polar surface area (TPSA) is 90.1 Å². The van der Waals surface area contributed by atoms with E-state index in [4.69, 9.17) is 0 Å². The zero-order valence-corrected chi connectivity index (χ0v) is 15.2. The van der Waals surface area contributed by atoms with E-state index >= 15 is 0 Å². The van der Waals surface area contributed by atoms with Gasteiger partial charge in [-0.25, -0.2) is 18.1 Å². The Morgan fingerprint density at radius 3 is 2.72 bits per heavy atom. The van der Waals surface area contributed by atoms with Gasteiger partial charge >= 0.3 is 0 Å². The molecule has 9 heteroatoms. The van der Waals surface area contributed by atoms with Crippen molar-refractivity contribution in [2.24, 2.45) is 13.0 Å². The largest absolute Gasteiger partial charge is 0.337 e. The second kappa shape index (κ2) is 5.77. The summed E-state index contributed by atoms with van der Waals surface area (Å²) >= 11 is 0. The minimum atomic E-state index is -3.56. The quantitative estimate of drug-likeness (QED) is 0.768. The third kappa shape index (κ3) is 2.81. The number of hydrogen-bond donors (Lipinski definition) is 0. The molecule has 4 rings (SSSR count). The molecule has 25 heavy (non-hydrogen) atoms. The van der Waals surface area contributed by atoms with E-state index in [1.165, 1.54) is 15.2 Å². The molecule has 1 fully saturated rings. The summed E-state index contributed by atoms with van der Waals surface area (Å²) in [5, 5.41) is 4.54. The third-order valence-electron chi connectivity index (χ3n) is 5.07. The first-order valence-electron chi connectivity index (χ1n) is 8.44. The molecule has 0 saturated carbocycles. The van der Waals surface area contributed by atoms with Gasteiger partial charge in [0.05, 0.1) is 12.2 Å². The lowest BCUT2D eigenvalue weighted by Crippen LogP contribution is -2.52. The first-order chi connectivity index (χ1) is 11.8. The Morgan fingerprint density at radius 1 is 1.28 bits per heavy atom. The van der Waals surface area contributed by atoms with Crippen LogP contribution in [0.5, 0.6) is 0 Å². The number of fused-ring (bicyclic) bond motifs is 1. The lowest BCUT2D eigenvalue weighted by molar-refractivity contribution is 0.172.